The van der Waals surface area contributed by atoms with Crippen molar-refractivity contribution in [2.45, 2.75) is 20.0 Å². The summed E-state index contributed by atoms with van der Waals surface area (Å²) in [5.41, 5.74) is 1.77. The molecular formula is C16H14ClFN4O. The van der Waals surface area contributed by atoms with Crippen LogP contribution in [0.5, 0.6) is 5.75 Å². The Morgan fingerprint density at radius 3 is 2.78 bits per heavy atom. The molecule has 0 saturated carbocycles. The zero-order valence-corrected chi connectivity index (χ0v) is 13.3. The summed E-state index contributed by atoms with van der Waals surface area (Å²) >= 11 is 5.95. The lowest BCUT2D eigenvalue weighted by molar-refractivity contribution is 0.243. The highest BCUT2D eigenvalue weighted by atomic mass is 35.5. The van der Waals surface area contributed by atoms with Crippen LogP contribution in [0.3, 0.4) is 0 Å². The number of nitrogens with one attached hydrogen (secondary N) is 1. The molecule has 7 heteroatoms. The summed E-state index contributed by atoms with van der Waals surface area (Å²) in [6, 6.07) is 7.68. The van der Waals surface area contributed by atoms with Gasteiger partial charge in [-0.15, -0.1) is 0 Å². The number of anilines is 2. The molecule has 0 saturated heterocycles. The first-order chi connectivity index (χ1) is 11.0. The number of benzene rings is 1. The number of aromatic nitrogens is 3. The van der Waals surface area contributed by atoms with Crippen molar-refractivity contribution in [3.63, 3.8) is 0 Å². The standard InChI is InChI=1S/C16H14ClFN4O/c1-9(2)23-13-7-10(18)3-4-11(13)21-16-15-12(19-8-20-16)5-6-14(17)22-15/h3-9H,1-2H3,(H,19,20,21). The molecule has 0 radical (unpaired) electrons. The minimum Gasteiger partial charge on any atom is -0.489 e. The summed E-state index contributed by atoms with van der Waals surface area (Å²) < 4.78 is 19.1. The first kappa shape index (κ1) is 15.4. The number of hydrogen-bond donors (Lipinski definition) is 1. The van der Waals surface area contributed by atoms with Crippen molar-refractivity contribution in [1.82, 2.24) is 15.0 Å². The van der Waals surface area contributed by atoms with Gasteiger partial charge in [-0.2, -0.15) is 0 Å². The van der Waals surface area contributed by atoms with E-state index in [2.05, 4.69) is 20.3 Å². The molecule has 0 aliphatic carbocycles. The molecule has 0 aliphatic rings. The summed E-state index contributed by atoms with van der Waals surface area (Å²) in [5, 5.41) is 3.45. The molecule has 0 aliphatic heterocycles. The topological polar surface area (TPSA) is 59.9 Å². The fraction of sp³-hybridized carbons (Fsp3) is 0.188. The third-order valence-corrected chi connectivity index (χ3v) is 3.22. The molecule has 3 aromatic rings. The van der Waals surface area contributed by atoms with Crippen molar-refractivity contribution >= 4 is 34.1 Å². The Kier molecular flexibility index (Phi) is 4.25. The predicted molar refractivity (Wildman–Crippen MR) is 87.8 cm³/mol. The van der Waals surface area contributed by atoms with Gasteiger partial charge in [-0.25, -0.2) is 19.3 Å². The average molecular weight is 333 g/mol. The van der Waals surface area contributed by atoms with E-state index >= 15 is 0 Å². The van der Waals surface area contributed by atoms with E-state index in [0.717, 1.165) is 0 Å². The van der Waals surface area contributed by atoms with Crippen LogP contribution in [0.1, 0.15) is 13.8 Å². The number of halogens is 2. The maximum atomic E-state index is 13.5. The van der Waals surface area contributed by atoms with E-state index < -0.39 is 0 Å². The van der Waals surface area contributed by atoms with Gasteiger partial charge in [0.15, 0.2) is 5.82 Å². The van der Waals surface area contributed by atoms with Gasteiger partial charge in [-0.1, -0.05) is 11.6 Å². The summed E-state index contributed by atoms with van der Waals surface area (Å²) in [4.78, 5) is 12.6. The lowest BCUT2D eigenvalue weighted by Crippen LogP contribution is -2.08. The van der Waals surface area contributed by atoms with Gasteiger partial charge in [0.05, 0.1) is 17.3 Å². The van der Waals surface area contributed by atoms with Gasteiger partial charge < -0.3 is 10.1 Å². The number of pyridine rings is 1. The molecule has 1 N–H and O–H groups in total. The second-order valence-corrected chi connectivity index (χ2v) is 5.54. The molecule has 0 amide bonds. The van der Waals surface area contributed by atoms with Gasteiger partial charge >= 0.3 is 0 Å². The maximum Gasteiger partial charge on any atom is 0.160 e. The number of fused-ring (bicyclic) bond motifs is 1. The van der Waals surface area contributed by atoms with Gasteiger partial charge in [-0.3, -0.25) is 0 Å². The molecule has 0 unspecified atom stereocenters. The second kappa shape index (κ2) is 6.34. The molecular weight excluding hydrogens is 319 g/mol. The van der Waals surface area contributed by atoms with E-state index in [4.69, 9.17) is 16.3 Å². The van der Waals surface area contributed by atoms with Crippen molar-refractivity contribution in [2.75, 3.05) is 5.32 Å². The van der Waals surface area contributed by atoms with Crippen LogP contribution >= 0.6 is 11.6 Å². The third-order valence-electron chi connectivity index (χ3n) is 3.01. The fourth-order valence-electron chi connectivity index (χ4n) is 2.09. The van der Waals surface area contributed by atoms with Crippen molar-refractivity contribution in [3.8, 4) is 5.75 Å². The van der Waals surface area contributed by atoms with Crippen molar-refractivity contribution < 1.29 is 9.13 Å². The largest absolute Gasteiger partial charge is 0.489 e. The molecule has 23 heavy (non-hydrogen) atoms. The van der Waals surface area contributed by atoms with Crippen molar-refractivity contribution in [3.05, 3.63) is 47.6 Å². The molecule has 5 nitrogen and oxygen atoms in total. The van der Waals surface area contributed by atoms with E-state index in [0.29, 0.717) is 33.4 Å². The first-order valence-electron chi connectivity index (χ1n) is 7.03. The number of rotatable bonds is 4. The van der Waals surface area contributed by atoms with Gasteiger partial charge in [-0.05, 0) is 38.1 Å². The van der Waals surface area contributed by atoms with Crippen LogP contribution in [0.2, 0.25) is 5.15 Å². The van der Waals surface area contributed by atoms with E-state index in [1.54, 1.807) is 18.2 Å². The van der Waals surface area contributed by atoms with Crippen LogP contribution in [-0.2, 0) is 0 Å². The molecule has 1 aromatic carbocycles. The Morgan fingerprint density at radius 1 is 1.17 bits per heavy atom. The van der Waals surface area contributed by atoms with Gasteiger partial charge in [0.25, 0.3) is 0 Å². The van der Waals surface area contributed by atoms with Crippen LogP contribution in [-0.4, -0.2) is 21.1 Å². The fourth-order valence-corrected chi connectivity index (χ4v) is 2.23. The molecule has 2 heterocycles. The molecule has 0 spiro atoms. The number of hydrogen-bond acceptors (Lipinski definition) is 5. The summed E-state index contributed by atoms with van der Waals surface area (Å²) in [6.07, 6.45) is 1.33. The SMILES string of the molecule is CC(C)Oc1cc(F)ccc1Nc1ncnc2ccc(Cl)nc12. The third kappa shape index (κ3) is 3.48. The van der Waals surface area contributed by atoms with Crippen molar-refractivity contribution in [1.29, 1.82) is 0 Å². The van der Waals surface area contributed by atoms with E-state index in [9.17, 15) is 4.39 Å². The summed E-state index contributed by atoms with van der Waals surface area (Å²) in [7, 11) is 0. The Balaban J connectivity index is 2.04. The zero-order valence-electron chi connectivity index (χ0n) is 12.5. The molecule has 2 aromatic heterocycles. The van der Waals surface area contributed by atoms with E-state index in [1.807, 2.05) is 13.8 Å². The predicted octanol–water partition coefficient (Wildman–Crippen LogP) is 4.35. The summed E-state index contributed by atoms with van der Waals surface area (Å²) in [6.45, 7) is 3.74. The van der Waals surface area contributed by atoms with Crippen LogP contribution in [0.25, 0.3) is 11.0 Å². The normalized spacial score (nSPS) is 11.0. The highest BCUT2D eigenvalue weighted by Gasteiger charge is 2.11. The molecule has 3 rings (SSSR count). The average Bonchev–Trinajstić information content (AvgIpc) is 2.50. The molecule has 118 valence electrons. The molecule has 0 fully saturated rings. The lowest BCUT2D eigenvalue weighted by Gasteiger charge is -2.15. The Hall–Kier alpha value is -2.47. The van der Waals surface area contributed by atoms with E-state index in [1.165, 1.54) is 18.5 Å². The minimum atomic E-state index is -0.375. The molecule has 0 bridgehead atoms. The van der Waals surface area contributed by atoms with Gasteiger partial charge in [0.1, 0.15) is 28.6 Å². The second-order valence-electron chi connectivity index (χ2n) is 5.16. The van der Waals surface area contributed by atoms with Crippen molar-refractivity contribution in [2.24, 2.45) is 0 Å². The highest BCUT2D eigenvalue weighted by molar-refractivity contribution is 6.29. The first-order valence-corrected chi connectivity index (χ1v) is 7.41. The number of nitrogens with zero attached hydrogens (tertiary/aromatic N) is 3. The monoisotopic (exact) mass is 332 g/mol. The van der Waals surface area contributed by atoms with Gasteiger partial charge in [0, 0.05) is 6.07 Å². The van der Waals surface area contributed by atoms with Crippen LogP contribution in [0, 0.1) is 5.82 Å². The Labute approximate surface area is 137 Å². The van der Waals surface area contributed by atoms with Crippen LogP contribution < -0.4 is 10.1 Å². The molecule has 0 atom stereocenters. The maximum absolute atomic E-state index is 13.5. The highest BCUT2D eigenvalue weighted by Crippen LogP contribution is 2.31. The smallest absolute Gasteiger partial charge is 0.160 e. The Bertz CT molecular complexity index is 857. The lowest BCUT2D eigenvalue weighted by atomic mass is 10.2. The zero-order chi connectivity index (χ0) is 16.4. The summed E-state index contributed by atoms with van der Waals surface area (Å²) in [5.74, 6) is 0.492. The quantitative estimate of drug-likeness (QED) is 0.720. The Morgan fingerprint density at radius 2 is 2.00 bits per heavy atom. The van der Waals surface area contributed by atoms with Crippen LogP contribution in [0.4, 0.5) is 15.9 Å². The van der Waals surface area contributed by atoms with E-state index in [-0.39, 0.29) is 11.9 Å². The van der Waals surface area contributed by atoms with Crippen LogP contribution in [0.15, 0.2) is 36.7 Å². The van der Waals surface area contributed by atoms with Gasteiger partial charge in [0.2, 0.25) is 0 Å². The number of ether oxygens (including phenoxy) is 1. The minimum absolute atomic E-state index is 0.0907.